The van der Waals surface area contributed by atoms with Crippen molar-refractivity contribution in [3.05, 3.63) is 35.9 Å². The SMILES string of the molecule is CCn1cc(N)c(C(=O)Nc2cc(OC)ccc2F)n1. The Kier molecular flexibility index (Phi) is 3.88. The number of anilines is 2. The number of halogens is 1. The van der Waals surface area contributed by atoms with E-state index in [1.54, 1.807) is 6.20 Å². The third kappa shape index (κ3) is 2.71. The van der Waals surface area contributed by atoms with Gasteiger partial charge < -0.3 is 15.8 Å². The minimum Gasteiger partial charge on any atom is -0.497 e. The first-order valence-corrected chi connectivity index (χ1v) is 6.03. The Hall–Kier alpha value is -2.57. The highest BCUT2D eigenvalue weighted by atomic mass is 19.1. The number of nitrogen functional groups attached to an aromatic ring is 1. The van der Waals surface area contributed by atoms with E-state index in [1.807, 2.05) is 6.92 Å². The van der Waals surface area contributed by atoms with Gasteiger partial charge in [0.05, 0.1) is 18.5 Å². The number of nitrogens with two attached hydrogens (primary N) is 1. The van der Waals surface area contributed by atoms with Gasteiger partial charge in [-0.1, -0.05) is 0 Å². The second-order valence-electron chi connectivity index (χ2n) is 4.09. The molecule has 0 saturated heterocycles. The van der Waals surface area contributed by atoms with Crippen LogP contribution in [-0.2, 0) is 6.54 Å². The molecule has 0 radical (unpaired) electrons. The first-order chi connectivity index (χ1) is 9.55. The van der Waals surface area contributed by atoms with Crippen LogP contribution in [0.4, 0.5) is 15.8 Å². The minimum absolute atomic E-state index is 0.0137. The van der Waals surface area contributed by atoms with Gasteiger partial charge in [0.2, 0.25) is 0 Å². The number of hydrogen-bond donors (Lipinski definition) is 2. The summed E-state index contributed by atoms with van der Waals surface area (Å²) >= 11 is 0. The molecule has 3 N–H and O–H groups in total. The molecular formula is C13H15FN4O2. The smallest absolute Gasteiger partial charge is 0.278 e. The number of rotatable bonds is 4. The fourth-order valence-corrected chi connectivity index (χ4v) is 1.68. The molecule has 0 aliphatic heterocycles. The quantitative estimate of drug-likeness (QED) is 0.894. The van der Waals surface area contributed by atoms with Crippen molar-refractivity contribution in [1.29, 1.82) is 0 Å². The molecule has 0 fully saturated rings. The zero-order valence-electron chi connectivity index (χ0n) is 11.2. The minimum atomic E-state index is -0.568. The van der Waals surface area contributed by atoms with Crippen molar-refractivity contribution in [3.8, 4) is 5.75 Å². The first kappa shape index (κ1) is 13.9. The number of aryl methyl sites for hydroxylation is 1. The topological polar surface area (TPSA) is 82.2 Å². The van der Waals surface area contributed by atoms with Crippen LogP contribution in [0.5, 0.6) is 5.75 Å². The Labute approximate surface area is 115 Å². The summed E-state index contributed by atoms with van der Waals surface area (Å²) in [6, 6.07) is 4.06. The molecule has 0 aliphatic rings. The summed E-state index contributed by atoms with van der Waals surface area (Å²) in [7, 11) is 1.46. The van der Waals surface area contributed by atoms with Crippen molar-refractivity contribution in [2.45, 2.75) is 13.5 Å². The number of aromatic nitrogens is 2. The van der Waals surface area contributed by atoms with E-state index < -0.39 is 11.7 Å². The standard InChI is InChI=1S/C13H15FN4O2/c1-3-18-7-10(15)12(17-18)13(19)16-11-6-8(20-2)4-5-9(11)14/h4-7H,3,15H2,1-2H3,(H,16,19). The number of carbonyl (C=O) groups is 1. The summed E-state index contributed by atoms with van der Waals surface area (Å²) in [5.74, 6) is -0.691. The van der Waals surface area contributed by atoms with Crippen LogP contribution < -0.4 is 15.8 Å². The summed E-state index contributed by atoms with van der Waals surface area (Å²) in [6.45, 7) is 2.46. The molecule has 2 aromatic rings. The van der Waals surface area contributed by atoms with Crippen LogP contribution >= 0.6 is 0 Å². The van der Waals surface area contributed by atoms with E-state index in [2.05, 4.69) is 10.4 Å². The average molecular weight is 278 g/mol. The summed E-state index contributed by atoms with van der Waals surface area (Å²) in [4.78, 5) is 12.0. The Bertz CT molecular complexity index is 639. The zero-order chi connectivity index (χ0) is 14.7. The van der Waals surface area contributed by atoms with Crippen LogP contribution in [0, 0.1) is 5.82 Å². The highest BCUT2D eigenvalue weighted by molar-refractivity contribution is 6.06. The molecule has 1 aromatic carbocycles. The third-order valence-electron chi connectivity index (χ3n) is 2.75. The highest BCUT2D eigenvalue weighted by Gasteiger charge is 2.16. The Balaban J connectivity index is 2.25. The first-order valence-electron chi connectivity index (χ1n) is 6.03. The van der Waals surface area contributed by atoms with Gasteiger partial charge in [0.1, 0.15) is 11.6 Å². The molecular weight excluding hydrogens is 263 g/mol. The van der Waals surface area contributed by atoms with E-state index in [4.69, 9.17) is 10.5 Å². The molecule has 1 aromatic heterocycles. The van der Waals surface area contributed by atoms with Gasteiger partial charge in [-0.3, -0.25) is 9.48 Å². The van der Waals surface area contributed by atoms with Crippen LogP contribution in [0.3, 0.4) is 0 Å². The number of methoxy groups -OCH3 is 1. The Morgan fingerprint density at radius 1 is 1.55 bits per heavy atom. The van der Waals surface area contributed by atoms with Crippen LogP contribution in [-0.4, -0.2) is 22.8 Å². The molecule has 0 spiro atoms. The second-order valence-corrected chi connectivity index (χ2v) is 4.09. The summed E-state index contributed by atoms with van der Waals surface area (Å²) in [6.07, 6.45) is 1.55. The molecule has 0 bridgehead atoms. The van der Waals surface area contributed by atoms with Crippen molar-refractivity contribution in [2.24, 2.45) is 0 Å². The van der Waals surface area contributed by atoms with Crippen molar-refractivity contribution < 1.29 is 13.9 Å². The van der Waals surface area contributed by atoms with Crippen molar-refractivity contribution in [3.63, 3.8) is 0 Å². The molecule has 0 saturated carbocycles. The second kappa shape index (κ2) is 5.60. The largest absolute Gasteiger partial charge is 0.497 e. The molecule has 7 heteroatoms. The molecule has 20 heavy (non-hydrogen) atoms. The van der Waals surface area contributed by atoms with Crippen molar-refractivity contribution >= 4 is 17.3 Å². The van der Waals surface area contributed by atoms with E-state index in [1.165, 1.54) is 30.0 Å². The van der Waals surface area contributed by atoms with Gasteiger partial charge in [-0.15, -0.1) is 0 Å². The Morgan fingerprint density at radius 3 is 2.90 bits per heavy atom. The molecule has 1 amide bonds. The van der Waals surface area contributed by atoms with Gasteiger partial charge in [0, 0.05) is 18.8 Å². The van der Waals surface area contributed by atoms with E-state index in [9.17, 15) is 9.18 Å². The van der Waals surface area contributed by atoms with Crippen LogP contribution in [0.1, 0.15) is 17.4 Å². The number of nitrogens with zero attached hydrogens (tertiary/aromatic N) is 2. The molecule has 0 atom stereocenters. The lowest BCUT2D eigenvalue weighted by Crippen LogP contribution is -2.15. The predicted octanol–water partition coefficient (Wildman–Crippen LogP) is 1.89. The molecule has 1 heterocycles. The lowest BCUT2D eigenvalue weighted by Gasteiger charge is -2.07. The number of carbonyl (C=O) groups excluding carboxylic acids is 1. The maximum absolute atomic E-state index is 13.6. The van der Waals surface area contributed by atoms with Gasteiger partial charge in [-0.05, 0) is 19.1 Å². The summed E-state index contributed by atoms with van der Waals surface area (Å²) in [5, 5.41) is 6.45. The van der Waals surface area contributed by atoms with Crippen LogP contribution in [0.25, 0.3) is 0 Å². The predicted molar refractivity (Wildman–Crippen MR) is 73.2 cm³/mol. The van der Waals surface area contributed by atoms with E-state index in [0.717, 1.165) is 0 Å². The maximum Gasteiger partial charge on any atom is 0.278 e. The van der Waals surface area contributed by atoms with Crippen molar-refractivity contribution in [2.75, 3.05) is 18.2 Å². The van der Waals surface area contributed by atoms with Gasteiger partial charge >= 0.3 is 0 Å². The number of benzene rings is 1. The number of nitrogens with one attached hydrogen (secondary N) is 1. The number of ether oxygens (including phenoxy) is 1. The normalized spacial score (nSPS) is 10.3. The number of hydrogen-bond acceptors (Lipinski definition) is 4. The van der Waals surface area contributed by atoms with E-state index in [-0.39, 0.29) is 17.1 Å². The van der Waals surface area contributed by atoms with E-state index >= 15 is 0 Å². The van der Waals surface area contributed by atoms with Crippen molar-refractivity contribution in [1.82, 2.24) is 9.78 Å². The molecule has 106 valence electrons. The lowest BCUT2D eigenvalue weighted by atomic mass is 10.2. The fourth-order valence-electron chi connectivity index (χ4n) is 1.68. The van der Waals surface area contributed by atoms with Gasteiger partial charge in [-0.2, -0.15) is 5.10 Å². The lowest BCUT2D eigenvalue weighted by molar-refractivity contribution is 0.102. The summed E-state index contributed by atoms with van der Waals surface area (Å²) in [5.41, 5.74) is 6.02. The van der Waals surface area contributed by atoms with E-state index in [0.29, 0.717) is 12.3 Å². The third-order valence-corrected chi connectivity index (χ3v) is 2.75. The summed E-state index contributed by atoms with van der Waals surface area (Å²) < 4.78 is 20.1. The molecule has 2 rings (SSSR count). The van der Waals surface area contributed by atoms with Gasteiger partial charge in [-0.25, -0.2) is 4.39 Å². The zero-order valence-corrected chi connectivity index (χ0v) is 11.2. The highest BCUT2D eigenvalue weighted by Crippen LogP contribution is 2.22. The average Bonchev–Trinajstić information content (AvgIpc) is 2.82. The molecule has 0 unspecified atom stereocenters. The van der Waals surface area contributed by atoms with Gasteiger partial charge in [0.25, 0.3) is 5.91 Å². The molecule has 0 aliphatic carbocycles. The number of amides is 1. The Morgan fingerprint density at radius 2 is 2.30 bits per heavy atom. The fraction of sp³-hybridized carbons (Fsp3) is 0.231. The maximum atomic E-state index is 13.6. The molecule has 6 nitrogen and oxygen atoms in total. The van der Waals surface area contributed by atoms with Gasteiger partial charge in [0.15, 0.2) is 5.69 Å². The van der Waals surface area contributed by atoms with Crippen LogP contribution in [0.2, 0.25) is 0 Å². The monoisotopic (exact) mass is 278 g/mol. The van der Waals surface area contributed by atoms with Crippen LogP contribution in [0.15, 0.2) is 24.4 Å².